The predicted molar refractivity (Wildman–Crippen MR) is 58.5 cm³/mol. The van der Waals surface area contributed by atoms with Gasteiger partial charge in [0.25, 0.3) is 0 Å². The molecule has 1 aromatic rings. The second kappa shape index (κ2) is 3.89. The Labute approximate surface area is 89.6 Å². The van der Waals surface area contributed by atoms with Crippen LogP contribution in [0.2, 0.25) is 0 Å². The lowest BCUT2D eigenvalue weighted by Crippen LogP contribution is -2.23. The lowest BCUT2D eigenvalue weighted by molar-refractivity contribution is -0.145. The van der Waals surface area contributed by atoms with Crippen LogP contribution < -0.4 is 0 Å². The van der Waals surface area contributed by atoms with Crippen LogP contribution in [0.25, 0.3) is 0 Å². The predicted octanol–water partition coefficient (Wildman–Crippen LogP) is 2.45. The summed E-state index contributed by atoms with van der Waals surface area (Å²) in [5, 5.41) is 0. The molecule has 0 spiro atoms. The van der Waals surface area contributed by atoms with Crippen molar-refractivity contribution in [2.75, 3.05) is 6.61 Å². The average Bonchev–Trinajstić information content (AvgIpc) is 3.08. The number of hydrogen-bond acceptors (Lipinski definition) is 2. The molecule has 0 N–H and O–H groups in total. The van der Waals surface area contributed by atoms with E-state index in [1.807, 2.05) is 30.3 Å². The van der Waals surface area contributed by atoms with Crippen LogP contribution in [0, 0.1) is 0 Å². The van der Waals surface area contributed by atoms with Crippen LogP contribution in [0.1, 0.15) is 18.4 Å². The summed E-state index contributed by atoms with van der Waals surface area (Å²) in [5.74, 6) is -0.117. The third-order valence-corrected chi connectivity index (χ3v) is 2.80. The molecule has 78 valence electrons. The highest BCUT2D eigenvalue weighted by atomic mass is 16.5. The summed E-state index contributed by atoms with van der Waals surface area (Å²) in [6, 6.07) is 9.84. The lowest BCUT2D eigenvalue weighted by atomic mass is 9.96. The van der Waals surface area contributed by atoms with Gasteiger partial charge in [-0.25, -0.2) is 0 Å². The number of rotatable bonds is 4. The molecule has 0 amide bonds. The Morgan fingerprint density at radius 2 is 2.07 bits per heavy atom. The normalized spacial score (nSPS) is 16.8. The maximum atomic E-state index is 11.8. The lowest BCUT2D eigenvalue weighted by Gasteiger charge is -2.13. The van der Waals surface area contributed by atoms with Gasteiger partial charge in [-0.3, -0.25) is 4.79 Å². The van der Waals surface area contributed by atoms with Gasteiger partial charge in [0, 0.05) is 0 Å². The molecule has 0 aliphatic heterocycles. The van der Waals surface area contributed by atoms with Gasteiger partial charge in [-0.1, -0.05) is 43.0 Å². The average molecular weight is 202 g/mol. The van der Waals surface area contributed by atoms with Gasteiger partial charge in [-0.2, -0.15) is 0 Å². The molecular formula is C13H14O2. The summed E-state index contributed by atoms with van der Waals surface area (Å²) in [6.07, 6.45) is 3.39. The van der Waals surface area contributed by atoms with Crippen molar-refractivity contribution >= 4 is 5.97 Å². The van der Waals surface area contributed by atoms with Gasteiger partial charge in [-0.05, 0) is 18.4 Å². The van der Waals surface area contributed by atoms with E-state index >= 15 is 0 Å². The van der Waals surface area contributed by atoms with E-state index in [0.29, 0.717) is 6.61 Å². The zero-order valence-corrected chi connectivity index (χ0v) is 8.61. The Morgan fingerprint density at radius 3 is 2.60 bits per heavy atom. The highest BCUT2D eigenvalue weighted by Gasteiger charge is 2.52. The topological polar surface area (TPSA) is 26.3 Å². The Hall–Kier alpha value is -1.57. The molecule has 1 aliphatic rings. The quantitative estimate of drug-likeness (QED) is 0.553. The minimum absolute atomic E-state index is 0.117. The van der Waals surface area contributed by atoms with E-state index in [9.17, 15) is 4.79 Å². The molecule has 1 saturated carbocycles. The van der Waals surface area contributed by atoms with Crippen LogP contribution in [0.5, 0.6) is 0 Å². The Balaban J connectivity index is 2.14. The summed E-state index contributed by atoms with van der Waals surface area (Å²) >= 11 is 0. The van der Waals surface area contributed by atoms with Crippen LogP contribution in [-0.2, 0) is 14.9 Å². The highest BCUT2D eigenvalue weighted by molar-refractivity contribution is 5.86. The van der Waals surface area contributed by atoms with Crippen molar-refractivity contribution in [3.05, 3.63) is 48.6 Å². The molecule has 2 rings (SSSR count). The maximum absolute atomic E-state index is 11.8. The smallest absolute Gasteiger partial charge is 0.316 e. The van der Waals surface area contributed by atoms with Gasteiger partial charge in [0.15, 0.2) is 0 Å². The van der Waals surface area contributed by atoms with Crippen LogP contribution in [-0.4, -0.2) is 12.6 Å². The summed E-state index contributed by atoms with van der Waals surface area (Å²) < 4.78 is 5.12. The van der Waals surface area contributed by atoms with E-state index in [-0.39, 0.29) is 11.4 Å². The summed E-state index contributed by atoms with van der Waals surface area (Å²) in [6.45, 7) is 3.83. The zero-order valence-electron chi connectivity index (χ0n) is 8.61. The second-order valence-electron chi connectivity index (χ2n) is 3.84. The molecule has 15 heavy (non-hydrogen) atoms. The van der Waals surface area contributed by atoms with E-state index in [1.54, 1.807) is 6.08 Å². The fraction of sp³-hybridized carbons (Fsp3) is 0.308. The van der Waals surface area contributed by atoms with Gasteiger partial charge in [0.05, 0.1) is 5.41 Å². The first kappa shape index (κ1) is 9.97. The number of carbonyl (C=O) groups is 1. The minimum atomic E-state index is -0.357. The number of esters is 1. The Bertz CT molecular complexity index is 363. The molecule has 0 heterocycles. The number of ether oxygens (including phenoxy) is 1. The first-order chi connectivity index (χ1) is 7.29. The molecule has 0 radical (unpaired) electrons. The maximum Gasteiger partial charge on any atom is 0.316 e. The van der Waals surface area contributed by atoms with Gasteiger partial charge in [0.2, 0.25) is 0 Å². The molecule has 1 fully saturated rings. The number of benzene rings is 1. The standard InChI is InChI=1S/C13H14O2/c1-2-10-15-12(14)13(8-9-13)11-6-4-3-5-7-11/h2-7H,1,8-10H2. The summed E-state index contributed by atoms with van der Waals surface area (Å²) in [4.78, 5) is 11.8. The van der Waals surface area contributed by atoms with Gasteiger partial charge in [0.1, 0.15) is 6.61 Å². The monoisotopic (exact) mass is 202 g/mol. The molecule has 0 saturated heterocycles. The first-order valence-corrected chi connectivity index (χ1v) is 5.13. The molecule has 2 nitrogen and oxygen atoms in total. The fourth-order valence-electron chi connectivity index (χ4n) is 1.77. The molecule has 2 heteroatoms. The highest BCUT2D eigenvalue weighted by Crippen LogP contribution is 2.49. The van der Waals surface area contributed by atoms with Crippen LogP contribution >= 0.6 is 0 Å². The van der Waals surface area contributed by atoms with Crippen molar-refractivity contribution < 1.29 is 9.53 Å². The van der Waals surface area contributed by atoms with Crippen LogP contribution in [0.4, 0.5) is 0 Å². The van der Waals surface area contributed by atoms with E-state index in [4.69, 9.17) is 4.74 Å². The van der Waals surface area contributed by atoms with Crippen LogP contribution in [0.3, 0.4) is 0 Å². The molecule has 1 aromatic carbocycles. The van der Waals surface area contributed by atoms with Gasteiger partial charge >= 0.3 is 5.97 Å². The van der Waals surface area contributed by atoms with Crippen molar-refractivity contribution in [3.63, 3.8) is 0 Å². The second-order valence-corrected chi connectivity index (χ2v) is 3.84. The van der Waals surface area contributed by atoms with Crippen molar-refractivity contribution in [2.24, 2.45) is 0 Å². The van der Waals surface area contributed by atoms with Crippen molar-refractivity contribution in [1.82, 2.24) is 0 Å². The fourth-order valence-corrected chi connectivity index (χ4v) is 1.77. The third kappa shape index (κ3) is 1.80. The Kier molecular flexibility index (Phi) is 2.58. The summed E-state index contributed by atoms with van der Waals surface area (Å²) in [5.41, 5.74) is 0.712. The number of carbonyl (C=O) groups excluding carboxylic acids is 1. The van der Waals surface area contributed by atoms with Crippen LogP contribution in [0.15, 0.2) is 43.0 Å². The largest absolute Gasteiger partial charge is 0.461 e. The third-order valence-electron chi connectivity index (χ3n) is 2.80. The van der Waals surface area contributed by atoms with E-state index in [1.165, 1.54) is 0 Å². The Morgan fingerprint density at radius 1 is 1.40 bits per heavy atom. The van der Waals surface area contributed by atoms with E-state index < -0.39 is 0 Å². The van der Waals surface area contributed by atoms with E-state index in [0.717, 1.165) is 18.4 Å². The van der Waals surface area contributed by atoms with Crippen molar-refractivity contribution in [2.45, 2.75) is 18.3 Å². The minimum Gasteiger partial charge on any atom is -0.461 e. The first-order valence-electron chi connectivity index (χ1n) is 5.13. The molecular weight excluding hydrogens is 188 g/mol. The van der Waals surface area contributed by atoms with Crippen molar-refractivity contribution in [3.8, 4) is 0 Å². The molecule has 0 atom stereocenters. The zero-order chi connectivity index (χ0) is 10.7. The SMILES string of the molecule is C=CCOC(=O)C1(c2ccccc2)CC1. The van der Waals surface area contributed by atoms with Gasteiger partial charge in [-0.15, -0.1) is 0 Å². The molecule has 0 bridgehead atoms. The molecule has 1 aliphatic carbocycles. The molecule has 0 unspecified atom stereocenters. The summed E-state index contributed by atoms with van der Waals surface area (Å²) in [7, 11) is 0. The van der Waals surface area contributed by atoms with E-state index in [2.05, 4.69) is 6.58 Å². The van der Waals surface area contributed by atoms with Crippen molar-refractivity contribution in [1.29, 1.82) is 0 Å². The van der Waals surface area contributed by atoms with Gasteiger partial charge < -0.3 is 4.74 Å². The number of hydrogen-bond donors (Lipinski definition) is 0. The molecule has 0 aromatic heterocycles.